The van der Waals surface area contributed by atoms with Gasteiger partial charge in [-0.2, -0.15) is 32.1 Å². The molecule has 284 valence electrons. The first-order chi connectivity index (χ1) is 24.7. The first-order valence-corrected chi connectivity index (χ1v) is 15.9. The molecule has 1 fully saturated rings. The van der Waals surface area contributed by atoms with Crippen molar-refractivity contribution in [1.29, 1.82) is 5.41 Å². The highest BCUT2D eigenvalue weighted by Crippen LogP contribution is 2.43. The van der Waals surface area contributed by atoms with Gasteiger partial charge in [0.15, 0.2) is 11.8 Å². The van der Waals surface area contributed by atoms with Gasteiger partial charge in [0.05, 0.1) is 22.9 Å². The van der Waals surface area contributed by atoms with Gasteiger partial charge in [0, 0.05) is 17.3 Å². The molecule has 4 aromatic rings. The van der Waals surface area contributed by atoms with Gasteiger partial charge in [0.1, 0.15) is 30.8 Å². The van der Waals surface area contributed by atoms with Crippen LogP contribution in [0.3, 0.4) is 0 Å². The van der Waals surface area contributed by atoms with Crippen molar-refractivity contribution >= 4 is 29.6 Å². The summed E-state index contributed by atoms with van der Waals surface area (Å²) in [4.78, 5) is 31.5. The lowest BCUT2D eigenvalue weighted by Gasteiger charge is -2.35. The number of alkyl halides is 7. The van der Waals surface area contributed by atoms with E-state index in [1.165, 1.54) is 35.6 Å². The van der Waals surface area contributed by atoms with E-state index in [1.807, 2.05) is 0 Å². The van der Waals surface area contributed by atoms with Crippen molar-refractivity contribution < 1.29 is 49.4 Å². The predicted octanol–water partition coefficient (Wildman–Crippen LogP) is 7.28. The Bertz CT molecular complexity index is 2010. The van der Waals surface area contributed by atoms with Gasteiger partial charge in [-0.25, -0.2) is 32.3 Å². The van der Waals surface area contributed by atoms with Gasteiger partial charge in [0.2, 0.25) is 0 Å². The van der Waals surface area contributed by atoms with Crippen LogP contribution < -0.4 is 10.6 Å². The number of ether oxygens (including phenoxy) is 1. The SMILES string of the molecule is CC(C)(C)C[C@]1(c2ccc(-c3cnn(C(F)F)c3)c(F)c2)NC(=N)N([C@H](COC(=O)NCC(F)(F)F)c2ccc(Cl)c(-n3ncnc3C(F)F)c2)C1=O. The highest BCUT2D eigenvalue weighted by molar-refractivity contribution is 6.32. The number of carbonyl (C=O) groups excluding carboxylic acids is 2. The number of rotatable bonds is 11. The van der Waals surface area contributed by atoms with Gasteiger partial charge in [-0.15, -0.1) is 0 Å². The third kappa shape index (κ3) is 8.36. The minimum Gasteiger partial charge on any atom is -0.447 e. The number of hydrogen-bond acceptors (Lipinski definition) is 7. The second-order valence-electron chi connectivity index (χ2n) is 13.1. The van der Waals surface area contributed by atoms with Gasteiger partial charge in [-0.3, -0.25) is 15.1 Å². The van der Waals surface area contributed by atoms with E-state index >= 15 is 4.39 Å². The summed E-state index contributed by atoms with van der Waals surface area (Å²) in [5.74, 6) is -3.21. The summed E-state index contributed by atoms with van der Waals surface area (Å²) < 4.78 is 114. The molecule has 3 N–H and O–H groups in total. The lowest BCUT2D eigenvalue weighted by Crippen LogP contribution is -2.47. The molecule has 1 saturated heterocycles. The van der Waals surface area contributed by atoms with Crippen LogP contribution in [0.25, 0.3) is 16.8 Å². The standard InChI is InChI=1S/C32H30ClF8N9O3/c1-30(2,3)13-31(18-5-6-19(21(34)9-18)17-10-45-48(11-17)27(37)38)26(51)49(28(42)47-31)23(12-53-29(52)43-14-32(39,40)41)16-4-7-20(33)22(8-16)50-25(24(35)36)44-15-46-50/h4-11,15,23-24,27H,12-14H2,1-3H3,(H2,42,47)(H,43,52)/t23-,31-/m1/s1. The number of carbonyl (C=O) groups is 2. The number of benzene rings is 2. The van der Waals surface area contributed by atoms with E-state index in [9.17, 15) is 40.3 Å². The molecule has 0 aliphatic carbocycles. The Morgan fingerprint density at radius 3 is 2.42 bits per heavy atom. The highest BCUT2D eigenvalue weighted by atomic mass is 35.5. The fourth-order valence-electron chi connectivity index (χ4n) is 5.91. The van der Waals surface area contributed by atoms with Crippen molar-refractivity contribution in [1.82, 2.24) is 40.1 Å². The van der Waals surface area contributed by atoms with E-state index in [0.29, 0.717) is 4.68 Å². The monoisotopic (exact) mass is 775 g/mol. The van der Waals surface area contributed by atoms with E-state index in [4.69, 9.17) is 21.7 Å². The minimum absolute atomic E-state index is 0.00719. The van der Waals surface area contributed by atoms with Crippen LogP contribution in [-0.2, 0) is 15.1 Å². The maximum Gasteiger partial charge on any atom is 0.407 e. The molecular formula is C32H30ClF8N9O3. The van der Waals surface area contributed by atoms with Gasteiger partial charge in [-0.1, -0.05) is 50.6 Å². The van der Waals surface area contributed by atoms with Gasteiger partial charge < -0.3 is 15.4 Å². The Morgan fingerprint density at radius 1 is 1.09 bits per heavy atom. The normalized spacial score (nSPS) is 17.1. The number of amides is 2. The summed E-state index contributed by atoms with van der Waals surface area (Å²) in [7, 11) is 0. The highest BCUT2D eigenvalue weighted by Gasteiger charge is 2.55. The molecule has 5 rings (SSSR count). The number of nitrogens with one attached hydrogen (secondary N) is 3. The Labute approximate surface area is 300 Å². The number of guanidine groups is 1. The van der Waals surface area contributed by atoms with Crippen LogP contribution in [0.4, 0.5) is 39.9 Å². The van der Waals surface area contributed by atoms with E-state index in [-0.39, 0.29) is 39.4 Å². The maximum atomic E-state index is 15.8. The van der Waals surface area contributed by atoms with Crippen LogP contribution >= 0.6 is 11.6 Å². The smallest absolute Gasteiger partial charge is 0.407 e. The topological polar surface area (TPSA) is 143 Å². The molecule has 21 heteroatoms. The molecule has 1 aliphatic rings. The van der Waals surface area contributed by atoms with Crippen molar-refractivity contribution in [3.05, 3.63) is 82.9 Å². The third-order valence-corrected chi connectivity index (χ3v) is 8.32. The molecule has 2 atom stereocenters. The number of hydrogen-bond donors (Lipinski definition) is 3. The van der Waals surface area contributed by atoms with E-state index < -0.39 is 78.9 Å². The quantitative estimate of drug-likeness (QED) is 0.136. The van der Waals surface area contributed by atoms with Crippen LogP contribution in [0.5, 0.6) is 0 Å². The Morgan fingerprint density at radius 2 is 1.81 bits per heavy atom. The average molecular weight is 776 g/mol. The zero-order valence-electron chi connectivity index (χ0n) is 27.9. The molecule has 0 saturated carbocycles. The molecule has 12 nitrogen and oxygen atoms in total. The number of aromatic nitrogens is 5. The number of alkyl carbamates (subject to hydrolysis) is 1. The summed E-state index contributed by atoms with van der Waals surface area (Å²) in [6.07, 6.45) is -6.69. The molecule has 1 aliphatic heterocycles. The van der Waals surface area contributed by atoms with E-state index in [2.05, 4.69) is 20.5 Å². The first-order valence-electron chi connectivity index (χ1n) is 15.5. The van der Waals surface area contributed by atoms with Crippen LogP contribution in [0.1, 0.15) is 63.2 Å². The van der Waals surface area contributed by atoms with E-state index in [0.717, 1.165) is 34.4 Å². The second kappa shape index (κ2) is 14.6. The fourth-order valence-corrected chi connectivity index (χ4v) is 6.11. The summed E-state index contributed by atoms with van der Waals surface area (Å²) in [6, 6.07) is 5.84. The van der Waals surface area contributed by atoms with Crippen molar-refractivity contribution in [2.24, 2.45) is 5.41 Å². The lowest BCUT2D eigenvalue weighted by molar-refractivity contribution is -0.134. The molecule has 3 heterocycles. The van der Waals surface area contributed by atoms with Crippen LogP contribution in [0.2, 0.25) is 5.02 Å². The van der Waals surface area contributed by atoms with Gasteiger partial charge in [0.25, 0.3) is 12.3 Å². The third-order valence-electron chi connectivity index (χ3n) is 8.00. The van der Waals surface area contributed by atoms with Gasteiger partial charge in [-0.05, 0) is 41.2 Å². The van der Waals surface area contributed by atoms with Crippen molar-refractivity contribution in [3.8, 4) is 16.8 Å². The zero-order valence-corrected chi connectivity index (χ0v) is 28.6. The van der Waals surface area contributed by atoms with Gasteiger partial charge >= 0.3 is 18.8 Å². The molecular weight excluding hydrogens is 746 g/mol. The van der Waals surface area contributed by atoms with Crippen molar-refractivity contribution in [3.63, 3.8) is 0 Å². The Hall–Kier alpha value is -5.27. The molecule has 0 spiro atoms. The van der Waals surface area contributed by atoms with Crippen molar-refractivity contribution in [2.75, 3.05) is 13.2 Å². The van der Waals surface area contributed by atoms with Crippen molar-refractivity contribution in [2.45, 2.75) is 57.9 Å². The molecule has 0 unspecified atom stereocenters. The molecule has 2 aromatic carbocycles. The first kappa shape index (κ1) is 38.9. The van der Waals surface area contributed by atoms with Crippen LogP contribution in [0.15, 0.2) is 55.1 Å². The maximum absolute atomic E-state index is 15.8. The van der Waals surface area contributed by atoms with E-state index in [1.54, 1.807) is 20.8 Å². The van der Waals surface area contributed by atoms with Crippen LogP contribution in [-0.4, -0.2) is 66.7 Å². The predicted molar refractivity (Wildman–Crippen MR) is 172 cm³/mol. The molecule has 0 bridgehead atoms. The molecule has 0 radical (unpaired) electrons. The molecule has 2 aromatic heterocycles. The summed E-state index contributed by atoms with van der Waals surface area (Å²) >= 11 is 6.34. The molecule has 2 amide bonds. The zero-order chi connectivity index (χ0) is 39.0. The number of halogens is 9. The number of nitrogens with zero attached hydrogens (tertiary/aromatic N) is 6. The molecule has 53 heavy (non-hydrogen) atoms. The summed E-state index contributed by atoms with van der Waals surface area (Å²) in [5.41, 5.74) is -2.84. The summed E-state index contributed by atoms with van der Waals surface area (Å²) in [6.45, 7) is -0.319. The Kier molecular flexibility index (Phi) is 10.8. The largest absolute Gasteiger partial charge is 0.447 e. The average Bonchev–Trinajstić information content (AvgIpc) is 3.80. The second-order valence-corrected chi connectivity index (χ2v) is 13.5. The fraction of sp³-hybridized carbons (Fsp3) is 0.375. The van der Waals surface area contributed by atoms with Crippen LogP contribution in [0, 0.1) is 16.6 Å². The lowest BCUT2D eigenvalue weighted by atomic mass is 9.75. The summed E-state index contributed by atoms with van der Waals surface area (Å²) in [5, 5.41) is 20.5. The minimum atomic E-state index is -4.79. The Balaban J connectivity index is 1.59.